The van der Waals surface area contributed by atoms with Crippen LogP contribution in [-0.4, -0.2) is 16.1 Å². The first-order valence-electron chi connectivity index (χ1n) is 27.9. The van der Waals surface area contributed by atoms with Gasteiger partial charge in [-0.1, -0.05) is 234 Å². The lowest BCUT2D eigenvalue weighted by atomic mass is 9.78. The Hall–Kier alpha value is -5.91. The van der Waals surface area contributed by atoms with Crippen LogP contribution in [0.3, 0.4) is 0 Å². The predicted molar refractivity (Wildman–Crippen MR) is 336 cm³/mol. The number of hydrogen-bond acceptors (Lipinski definition) is 0. The molecule has 2 heteroatoms. The van der Waals surface area contributed by atoms with Crippen LogP contribution in [-0.2, 0) is 10.8 Å². The van der Waals surface area contributed by atoms with Gasteiger partial charge in [-0.3, -0.25) is 0 Å². The van der Waals surface area contributed by atoms with Gasteiger partial charge >= 0.3 is 0 Å². The highest BCUT2D eigenvalue weighted by molar-refractivity contribution is 6.91. The van der Waals surface area contributed by atoms with Gasteiger partial charge in [-0.15, -0.1) is 11.1 Å². The van der Waals surface area contributed by atoms with E-state index in [0.717, 1.165) is 11.1 Å². The number of benzene rings is 9. The van der Waals surface area contributed by atoms with Crippen LogP contribution in [0.2, 0.25) is 33.2 Å². The standard InChI is InChI=1S/C72H82Si2/c1-45(2)73(46(3)4,47(5)6)39-37-51-25-19-33-59-63(51)43-67-57(31-23-35-61(67)69(59)71(13,14)15)55-29-21-27-53-41-54-28-22-30-56(66(54)42-65(53)55)58-32-24-36-62-68(58)44-64-52(26-20-34-60(64)70(62)72(16,17)18)38-40-74(48(7)8,49(9)10)50(11)12/h19-36,41-50H,1-18H3. The fraction of sp³-hybridized carbons (Fsp3) is 0.361. The maximum Gasteiger partial charge on any atom is 0.146 e. The Labute approximate surface area is 447 Å². The van der Waals surface area contributed by atoms with Crippen molar-refractivity contribution in [2.24, 2.45) is 0 Å². The van der Waals surface area contributed by atoms with Gasteiger partial charge < -0.3 is 0 Å². The van der Waals surface area contributed by atoms with Crippen molar-refractivity contribution in [3.63, 3.8) is 0 Å². The second-order valence-electron chi connectivity index (χ2n) is 25.8. The predicted octanol–water partition coefficient (Wildman–Crippen LogP) is 21.7. The minimum absolute atomic E-state index is 0.106. The van der Waals surface area contributed by atoms with Gasteiger partial charge in [0.05, 0.1) is 0 Å². The highest BCUT2D eigenvalue weighted by Gasteiger charge is 2.43. The lowest BCUT2D eigenvalue weighted by Crippen LogP contribution is -2.43. The summed E-state index contributed by atoms with van der Waals surface area (Å²) in [6.07, 6.45) is 0. The van der Waals surface area contributed by atoms with Crippen molar-refractivity contribution < 1.29 is 0 Å². The monoisotopic (exact) mass is 1000 g/mol. The van der Waals surface area contributed by atoms with Gasteiger partial charge in [-0.25, -0.2) is 0 Å². The van der Waals surface area contributed by atoms with Crippen LogP contribution in [0.15, 0.2) is 133 Å². The lowest BCUT2D eigenvalue weighted by molar-refractivity contribution is 0.601. The van der Waals surface area contributed by atoms with E-state index in [1.165, 1.54) is 98.0 Å². The highest BCUT2D eigenvalue weighted by Crippen LogP contribution is 2.47. The Morgan fingerprint density at radius 2 is 0.568 bits per heavy atom. The molecule has 0 aliphatic carbocycles. The summed E-state index contributed by atoms with van der Waals surface area (Å²) in [4.78, 5) is 0. The molecule has 0 aliphatic heterocycles. The van der Waals surface area contributed by atoms with Crippen molar-refractivity contribution in [2.75, 3.05) is 0 Å². The van der Waals surface area contributed by atoms with Gasteiger partial charge in [0.15, 0.2) is 0 Å². The molecule has 0 atom stereocenters. The molecule has 0 fully saturated rings. The second-order valence-corrected chi connectivity index (χ2v) is 37.0. The van der Waals surface area contributed by atoms with Crippen molar-refractivity contribution in [1.29, 1.82) is 0 Å². The van der Waals surface area contributed by atoms with E-state index < -0.39 is 16.1 Å². The van der Waals surface area contributed by atoms with Crippen molar-refractivity contribution in [3.8, 4) is 45.2 Å². The molecule has 0 nitrogen and oxygen atoms in total. The number of rotatable bonds is 8. The van der Waals surface area contributed by atoms with Gasteiger partial charge in [0, 0.05) is 11.1 Å². The molecule has 0 bridgehead atoms. The smallest absolute Gasteiger partial charge is 0.125 e. The summed E-state index contributed by atoms with van der Waals surface area (Å²) < 4.78 is 0. The molecule has 0 saturated heterocycles. The summed E-state index contributed by atoms with van der Waals surface area (Å²) in [6, 6.07) is 51.4. The van der Waals surface area contributed by atoms with Crippen LogP contribution in [0.4, 0.5) is 0 Å². The van der Waals surface area contributed by atoms with E-state index in [0.29, 0.717) is 33.2 Å². The van der Waals surface area contributed by atoms with Crippen LogP contribution in [0.25, 0.3) is 86.9 Å². The van der Waals surface area contributed by atoms with Gasteiger partial charge in [0.25, 0.3) is 0 Å². The molecule has 0 N–H and O–H groups in total. The first-order valence-corrected chi connectivity index (χ1v) is 32.4. The zero-order chi connectivity index (χ0) is 53.4. The molecule has 0 radical (unpaired) electrons. The van der Waals surface area contributed by atoms with Crippen molar-refractivity contribution in [3.05, 3.63) is 156 Å². The van der Waals surface area contributed by atoms with E-state index >= 15 is 0 Å². The van der Waals surface area contributed by atoms with Crippen LogP contribution in [0.1, 0.15) is 147 Å². The van der Waals surface area contributed by atoms with E-state index in [4.69, 9.17) is 0 Å². The van der Waals surface area contributed by atoms with E-state index in [2.05, 4.69) is 281 Å². The maximum atomic E-state index is 4.09. The van der Waals surface area contributed by atoms with E-state index in [1.807, 2.05) is 0 Å². The molecular weight excluding hydrogens is 921 g/mol. The summed E-state index contributed by atoms with van der Waals surface area (Å²) in [7, 11) is -3.95. The highest BCUT2D eigenvalue weighted by atomic mass is 28.3. The van der Waals surface area contributed by atoms with Crippen LogP contribution < -0.4 is 0 Å². The number of hydrogen-bond donors (Lipinski definition) is 0. The Morgan fingerprint density at radius 1 is 0.297 bits per heavy atom. The molecule has 74 heavy (non-hydrogen) atoms. The molecule has 378 valence electrons. The van der Waals surface area contributed by atoms with Crippen molar-refractivity contribution in [2.45, 2.75) is 169 Å². The molecular formula is C72H82Si2. The van der Waals surface area contributed by atoms with Crippen molar-refractivity contribution in [1.82, 2.24) is 0 Å². The van der Waals surface area contributed by atoms with Crippen LogP contribution >= 0.6 is 0 Å². The molecule has 0 saturated carbocycles. The fourth-order valence-electron chi connectivity index (χ4n) is 14.4. The molecule has 9 aromatic carbocycles. The minimum atomic E-state index is -1.98. The zero-order valence-electron chi connectivity index (χ0n) is 48.2. The minimum Gasteiger partial charge on any atom is -0.125 e. The maximum absolute atomic E-state index is 4.09. The molecule has 0 unspecified atom stereocenters. The number of fused-ring (bicyclic) bond motifs is 6. The summed E-state index contributed by atoms with van der Waals surface area (Å²) >= 11 is 0. The molecule has 0 amide bonds. The molecule has 9 aromatic rings. The third kappa shape index (κ3) is 8.83. The van der Waals surface area contributed by atoms with E-state index in [1.54, 1.807) is 0 Å². The first-order chi connectivity index (χ1) is 34.9. The third-order valence-corrected chi connectivity index (χ3v) is 30.2. The Morgan fingerprint density at radius 3 is 0.878 bits per heavy atom. The summed E-state index contributed by atoms with van der Waals surface area (Å²) in [5.41, 5.74) is 21.5. The van der Waals surface area contributed by atoms with Gasteiger partial charge in [-0.05, 0) is 178 Å². The molecule has 9 rings (SSSR count). The Balaban J connectivity index is 1.31. The topological polar surface area (TPSA) is 0 Å². The summed E-state index contributed by atoms with van der Waals surface area (Å²) in [5, 5.41) is 15.3. The Kier molecular flexibility index (Phi) is 14.1. The second kappa shape index (κ2) is 19.7. The molecule has 0 spiro atoms. The zero-order valence-corrected chi connectivity index (χ0v) is 50.2. The summed E-state index contributed by atoms with van der Waals surface area (Å²) in [6.45, 7) is 43.2. The van der Waals surface area contributed by atoms with Crippen LogP contribution in [0.5, 0.6) is 0 Å². The van der Waals surface area contributed by atoms with E-state index in [9.17, 15) is 0 Å². The Bertz CT molecular complexity index is 3490. The van der Waals surface area contributed by atoms with Gasteiger partial charge in [-0.2, -0.15) is 0 Å². The molecule has 0 aliphatic rings. The quantitative estimate of drug-likeness (QED) is 0.0808. The SMILES string of the molecule is CC(C)[Si](C#Cc1cccc2c(C(C)(C)C)c3cccc(-c4cccc5cc6cccc(-c7cccc8c(C(C)(C)C)c9cccc(C#C[Si](C(C)C)(C(C)C)C(C)C)c9cc78)c6cc45)c3cc12)(C(C)C)C(C)C. The van der Waals surface area contributed by atoms with Crippen molar-refractivity contribution >= 4 is 80.8 Å². The molecule has 0 aromatic heterocycles. The first kappa shape index (κ1) is 52.9. The third-order valence-electron chi connectivity index (χ3n) is 17.6. The largest absolute Gasteiger partial charge is 0.146 e. The fourth-order valence-corrected chi connectivity index (χ4v) is 24.8. The normalized spacial score (nSPS) is 13.0. The lowest BCUT2D eigenvalue weighted by Gasteiger charge is -2.38. The van der Waals surface area contributed by atoms with Gasteiger partial charge in [0.2, 0.25) is 0 Å². The molecule has 0 heterocycles. The van der Waals surface area contributed by atoms with Crippen LogP contribution in [0, 0.1) is 22.9 Å². The van der Waals surface area contributed by atoms with E-state index in [-0.39, 0.29) is 10.8 Å². The summed E-state index contributed by atoms with van der Waals surface area (Å²) in [5.74, 6) is 7.83. The average molecular weight is 1000 g/mol. The average Bonchev–Trinajstić information content (AvgIpc) is 3.32. The van der Waals surface area contributed by atoms with Gasteiger partial charge in [0.1, 0.15) is 16.1 Å².